The van der Waals surface area contributed by atoms with Crippen LogP contribution < -0.4 is 0 Å². The van der Waals surface area contributed by atoms with E-state index in [9.17, 15) is 33.1 Å². The molecule has 1 heterocycles. The third-order valence-corrected chi connectivity index (χ3v) is 11.2. The third-order valence-electron chi connectivity index (χ3n) is 10.7. The van der Waals surface area contributed by atoms with Crippen molar-refractivity contribution in [2.24, 2.45) is 0 Å². The predicted molar refractivity (Wildman–Crippen MR) is 266 cm³/mol. The molecular formula is C53H88O12S. The van der Waals surface area contributed by atoms with Gasteiger partial charge < -0.3 is 34.3 Å². The Hall–Kier alpha value is -2.98. The number of hydrogen-bond donors (Lipinski definition) is 4. The van der Waals surface area contributed by atoms with Gasteiger partial charge >= 0.3 is 16.4 Å². The molecule has 0 radical (unpaired) electrons. The molecule has 66 heavy (non-hydrogen) atoms. The quantitative estimate of drug-likeness (QED) is 0.0197. The van der Waals surface area contributed by atoms with Gasteiger partial charge in [0.1, 0.15) is 30.5 Å². The summed E-state index contributed by atoms with van der Waals surface area (Å²) in [6, 6.07) is 0. The molecule has 6 unspecified atom stereocenters. The summed E-state index contributed by atoms with van der Waals surface area (Å²) in [5.41, 5.74) is 0. The largest absolute Gasteiger partial charge is 0.457 e. The SMILES string of the molecule is CC/C=C\C/C=C\C/C=C\C/C=C\C/C=C\C/C=C\C/C=C\CCCCCCOCC(COC1OC(CO)C(O)C(OS(=O)(=O)O)C1O)OC(=O)CCCCCCC/C=C\CCCCCC. The molecule has 0 bridgehead atoms. The van der Waals surface area contributed by atoms with Gasteiger partial charge in [0.05, 0.1) is 19.8 Å². The lowest BCUT2D eigenvalue weighted by molar-refractivity contribution is -0.301. The first-order valence-corrected chi connectivity index (χ1v) is 26.4. The summed E-state index contributed by atoms with van der Waals surface area (Å²) in [4.78, 5) is 12.9. The Bertz CT molecular complexity index is 1520. The Morgan fingerprint density at radius 2 is 1.05 bits per heavy atom. The standard InChI is InChI=1S/C53H88O12S/c1-3-5-7-9-11-13-15-17-18-19-20-21-22-23-24-25-26-27-28-29-31-33-35-37-39-41-43-61-45-47(46-62-53-51(57)52(65-66(58,59)60)50(56)48(44-54)64-53)63-49(55)42-40-38-36-34-32-30-16-14-12-10-8-6-4-2/h5,7,11,13-14,16-18,20-21,23-24,26-27,29,31,47-48,50-54,56-57H,3-4,6,8-10,12,15,19,22,25,28,30,32-46H2,1-2H3,(H,58,59,60)/b7-5-,13-11-,16-14-,18-17-,21-20-,24-23-,27-26-,31-29-. The molecule has 1 saturated heterocycles. The molecule has 1 aliphatic heterocycles. The van der Waals surface area contributed by atoms with Crippen LogP contribution in [-0.4, -0.2) is 97.5 Å². The van der Waals surface area contributed by atoms with Crippen molar-refractivity contribution in [3.8, 4) is 0 Å². The Morgan fingerprint density at radius 1 is 0.591 bits per heavy atom. The highest BCUT2D eigenvalue weighted by Gasteiger charge is 2.48. The summed E-state index contributed by atoms with van der Waals surface area (Å²) < 4.78 is 59.1. The molecule has 4 N–H and O–H groups in total. The summed E-state index contributed by atoms with van der Waals surface area (Å²) in [7, 11) is -5.07. The first-order chi connectivity index (χ1) is 32.1. The zero-order valence-corrected chi connectivity index (χ0v) is 41.3. The van der Waals surface area contributed by atoms with E-state index >= 15 is 0 Å². The van der Waals surface area contributed by atoms with Gasteiger partial charge in [-0.2, -0.15) is 8.42 Å². The molecule has 0 saturated carbocycles. The molecule has 0 aromatic carbocycles. The number of esters is 1. The molecule has 6 atom stereocenters. The first kappa shape index (κ1) is 61.0. The Balaban J connectivity index is 2.38. The van der Waals surface area contributed by atoms with Crippen LogP contribution in [0.15, 0.2) is 97.2 Å². The van der Waals surface area contributed by atoms with Crippen LogP contribution in [0.25, 0.3) is 0 Å². The van der Waals surface area contributed by atoms with Crippen LogP contribution >= 0.6 is 0 Å². The van der Waals surface area contributed by atoms with Gasteiger partial charge in [-0.1, -0.05) is 162 Å². The molecule has 378 valence electrons. The molecule has 0 spiro atoms. The average molecular weight is 949 g/mol. The Labute approximate surface area is 399 Å². The smallest absolute Gasteiger partial charge is 0.397 e. The van der Waals surface area contributed by atoms with Crippen LogP contribution in [0.3, 0.4) is 0 Å². The lowest BCUT2D eigenvalue weighted by atomic mass is 9.99. The van der Waals surface area contributed by atoms with E-state index in [1.807, 2.05) is 0 Å². The maximum absolute atomic E-state index is 12.9. The van der Waals surface area contributed by atoms with Crippen molar-refractivity contribution in [1.82, 2.24) is 0 Å². The van der Waals surface area contributed by atoms with E-state index in [1.165, 1.54) is 25.7 Å². The molecule has 1 aliphatic rings. The lowest BCUT2D eigenvalue weighted by Gasteiger charge is -2.41. The second-order valence-corrected chi connectivity index (χ2v) is 17.7. The maximum atomic E-state index is 12.9. The fraction of sp³-hybridized carbons (Fsp3) is 0.679. The molecule has 0 aromatic heterocycles. The van der Waals surface area contributed by atoms with E-state index in [0.29, 0.717) is 13.0 Å². The van der Waals surface area contributed by atoms with Gasteiger partial charge in [-0.3, -0.25) is 9.35 Å². The zero-order valence-electron chi connectivity index (χ0n) is 40.5. The molecule has 0 aliphatic carbocycles. The average Bonchev–Trinajstić information content (AvgIpc) is 3.29. The molecular weight excluding hydrogens is 861 g/mol. The van der Waals surface area contributed by atoms with Crippen LogP contribution in [0.5, 0.6) is 0 Å². The van der Waals surface area contributed by atoms with E-state index < -0.39 is 59.8 Å². The van der Waals surface area contributed by atoms with Crippen molar-refractivity contribution < 1.29 is 56.2 Å². The molecule has 0 aromatic rings. The van der Waals surface area contributed by atoms with E-state index in [0.717, 1.165) is 116 Å². The van der Waals surface area contributed by atoms with Crippen molar-refractivity contribution in [3.63, 3.8) is 0 Å². The van der Waals surface area contributed by atoms with Crippen molar-refractivity contribution in [2.45, 2.75) is 205 Å². The molecule has 13 heteroatoms. The van der Waals surface area contributed by atoms with Crippen LogP contribution in [0.4, 0.5) is 0 Å². The summed E-state index contributed by atoms with van der Waals surface area (Å²) in [5, 5.41) is 30.7. The van der Waals surface area contributed by atoms with E-state index in [2.05, 4.69) is 115 Å². The normalized spacial score (nSPS) is 20.4. The predicted octanol–water partition coefficient (Wildman–Crippen LogP) is 11.4. The molecule has 1 fully saturated rings. The second-order valence-electron chi connectivity index (χ2n) is 16.7. The summed E-state index contributed by atoms with van der Waals surface area (Å²) in [6.07, 6.45) is 50.1. The highest BCUT2D eigenvalue weighted by molar-refractivity contribution is 7.80. The van der Waals surface area contributed by atoms with Crippen LogP contribution in [0.2, 0.25) is 0 Å². The number of ether oxygens (including phenoxy) is 4. The van der Waals surface area contributed by atoms with Gasteiger partial charge in [0, 0.05) is 13.0 Å². The number of carbonyl (C=O) groups excluding carboxylic acids is 1. The Kier molecular flexibility index (Phi) is 40.1. The fourth-order valence-electron chi connectivity index (χ4n) is 6.94. The van der Waals surface area contributed by atoms with Crippen LogP contribution in [0.1, 0.15) is 168 Å². The van der Waals surface area contributed by atoms with Crippen LogP contribution in [0, 0.1) is 0 Å². The highest BCUT2D eigenvalue weighted by atomic mass is 32.3. The van der Waals surface area contributed by atoms with Gasteiger partial charge in [-0.05, 0) is 96.3 Å². The molecule has 0 amide bonds. The van der Waals surface area contributed by atoms with Crippen molar-refractivity contribution in [2.75, 3.05) is 26.4 Å². The monoisotopic (exact) mass is 949 g/mol. The first-order valence-electron chi connectivity index (χ1n) is 25.0. The number of carbonyl (C=O) groups is 1. The van der Waals surface area contributed by atoms with Gasteiger partial charge in [0.25, 0.3) is 0 Å². The highest BCUT2D eigenvalue weighted by Crippen LogP contribution is 2.26. The summed E-state index contributed by atoms with van der Waals surface area (Å²) >= 11 is 0. The van der Waals surface area contributed by atoms with E-state index in [-0.39, 0.29) is 19.6 Å². The molecule has 12 nitrogen and oxygen atoms in total. The summed E-state index contributed by atoms with van der Waals surface area (Å²) in [5.74, 6) is -0.423. The number of hydrogen-bond acceptors (Lipinski definition) is 11. The maximum Gasteiger partial charge on any atom is 0.397 e. The summed E-state index contributed by atoms with van der Waals surface area (Å²) in [6.45, 7) is 3.76. The minimum Gasteiger partial charge on any atom is -0.457 e. The van der Waals surface area contributed by atoms with Crippen LogP contribution in [-0.2, 0) is 38.3 Å². The minimum atomic E-state index is -5.07. The van der Waals surface area contributed by atoms with Gasteiger partial charge in [0.15, 0.2) is 6.29 Å². The number of unbranched alkanes of at least 4 members (excludes halogenated alkanes) is 13. The van der Waals surface area contributed by atoms with Gasteiger partial charge in [-0.15, -0.1) is 0 Å². The van der Waals surface area contributed by atoms with E-state index in [1.54, 1.807) is 0 Å². The fourth-order valence-corrected chi connectivity index (χ4v) is 7.45. The zero-order chi connectivity index (χ0) is 48.2. The topological polar surface area (TPSA) is 178 Å². The van der Waals surface area contributed by atoms with E-state index in [4.69, 9.17) is 18.9 Å². The lowest BCUT2D eigenvalue weighted by Crippen LogP contribution is -2.60. The number of allylic oxidation sites excluding steroid dienone is 16. The number of rotatable bonds is 42. The van der Waals surface area contributed by atoms with Crippen molar-refractivity contribution >= 4 is 16.4 Å². The van der Waals surface area contributed by atoms with Crippen molar-refractivity contribution in [1.29, 1.82) is 0 Å². The number of aliphatic hydroxyl groups is 3. The van der Waals surface area contributed by atoms with Gasteiger partial charge in [-0.25, -0.2) is 4.18 Å². The van der Waals surface area contributed by atoms with Gasteiger partial charge in [0.2, 0.25) is 0 Å². The van der Waals surface area contributed by atoms with Crippen molar-refractivity contribution in [3.05, 3.63) is 97.2 Å². The third kappa shape index (κ3) is 36.1. The molecule has 1 rings (SSSR count). The minimum absolute atomic E-state index is 0.00894. The number of aliphatic hydroxyl groups excluding tert-OH is 3. The second kappa shape index (κ2) is 43.3. The Morgan fingerprint density at radius 3 is 1.55 bits per heavy atom.